The van der Waals surface area contributed by atoms with Crippen LogP contribution in [-0.4, -0.2) is 11.1 Å². The number of aliphatic carboxylic acids is 1. The summed E-state index contributed by atoms with van der Waals surface area (Å²) in [6.45, 7) is 7.99. The van der Waals surface area contributed by atoms with Crippen molar-refractivity contribution in [2.45, 2.75) is 47.0 Å². The largest absolute Gasteiger partial charge is 0.478 e. The summed E-state index contributed by atoms with van der Waals surface area (Å²) in [5.74, 6) is -0.806. The fourth-order valence-electron chi connectivity index (χ4n) is 1.58. The van der Waals surface area contributed by atoms with E-state index in [9.17, 15) is 4.79 Å². The highest BCUT2D eigenvalue weighted by Gasteiger charge is 2.22. The second kappa shape index (κ2) is 5.05. The van der Waals surface area contributed by atoms with Crippen molar-refractivity contribution in [2.75, 3.05) is 0 Å². The molecule has 0 aliphatic rings. The lowest BCUT2D eigenvalue weighted by molar-refractivity contribution is -0.132. The molecule has 0 radical (unpaired) electrons. The molecule has 0 unspecified atom stereocenters. The molecule has 0 rings (SSSR count). The van der Waals surface area contributed by atoms with Crippen molar-refractivity contribution in [3.8, 4) is 0 Å². The maximum absolute atomic E-state index is 10.7. The molecule has 1 N–H and O–H groups in total. The molecule has 13 heavy (non-hydrogen) atoms. The second-order valence-electron chi connectivity index (χ2n) is 3.56. The Morgan fingerprint density at radius 1 is 1.23 bits per heavy atom. The first-order valence-corrected chi connectivity index (χ1v) is 4.94. The van der Waals surface area contributed by atoms with Crippen LogP contribution in [0.3, 0.4) is 0 Å². The summed E-state index contributed by atoms with van der Waals surface area (Å²) in [6, 6.07) is 0. The molecular weight excluding hydrogens is 164 g/mol. The van der Waals surface area contributed by atoms with Crippen LogP contribution in [0, 0.1) is 5.41 Å². The van der Waals surface area contributed by atoms with Gasteiger partial charge in [-0.15, -0.1) is 0 Å². The van der Waals surface area contributed by atoms with Gasteiger partial charge in [0.05, 0.1) is 0 Å². The minimum Gasteiger partial charge on any atom is -0.478 e. The van der Waals surface area contributed by atoms with E-state index in [2.05, 4.69) is 20.8 Å². The van der Waals surface area contributed by atoms with Crippen LogP contribution in [0.15, 0.2) is 11.6 Å². The molecule has 0 bridgehead atoms. The molecule has 0 saturated heterocycles. The van der Waals surface area contributed by atoms with Crippen LogP contribution in [0.25, 0.3) is 0 Å². The lowest BCUT2D eigenvalue weighted by Crippen LogP contribution is -2.16. The number of hydrogen-bond acceptors (Lipinski definition) is 1. The Bertz CT molecular complexity index is 192. The van der Waals surface area contributed by atoms with E-state index in [0.29, 0.717) is 5.57 Å². The van der Waals surface area contributed by atoms with Gasteiger partial charge in [0.2, 0.25) is 0 Å². The average molecular weight is 184 g/mol. The van der Waals surface area contributed by atoms with Gasteiger partial charge in [0.25, 0.3) is 0 Å². The molecule has 0 aromatic heterocycles. The monoisotopic (exact) mass is 184 g/mol. The first kappa shape index (κ1) is 12.2. The van der Waals surface area contributed by atoms with Gasteiger partial charge in [0.15, 0.2) is 0 Å². The van der Waals surface area contributed by atoms with Crippen LogP contribution in [0.5, 0.6) is 0 Å². The van der Waals surface area contributed by atoms with Crippen molar-refractivity contribution in [3.63, 3.8) is 0 Å². The molecule has 2 nitrogen and oxygen atoms in total. The Balaban J connectivity index is 4.76. The minimum absolute atomic E-state index is 0.0858. The topological polar surface area (TPSA) is 37.3 Å². The number of rotatable bonds is 5. The molecule has 0 heterocycles. The van der Waals surface area contributed by atoms with Gasteiger partial charge in [-0.05, 0) is 31.6 Å². The van der Waals surface area contributed by atoms with Gasteiger partial charge in [-0.2, -0.15) is 0 Å². The summed E-state index contributed by atoms with van der Waals surface area (Å²) in [5, 5.41) is 8.76. The van der Waals surface area contributed by atoms with Crippen LogP contribution in [0.2, 0.25) is 0 Å². The van der Waals surface area contributed by atoms with Crippen molar-refractivity contribution < 1.29 is 9.90 Å². The van der Waals surface area contributed by atoms with Crippen LogP contribution in [0.4, 0.5) is 0 Å². The van der Waals surface area contributed by atoms with E-state index in [4.69, 9.17) is 5.11 Å². The summed E-state index contributed by atoms with van der Waals surface area (Å²) in [7, 11) is 0. The normalized spacial score (nSPS) is 13.1. The van der Waals surface area contributed by atoms with E-state index in [1.54, 1.807) is 6.92 Å². The molecule has 76 valence electrons. The predicted octanol–water partition coefficient (Wildman–Crippen LogP) is 3.23. The first-order valence-electron chi connectivity index (χ1n) is 4.94. The van der Waals surface area contributed by atoms with Gasteiger partial charge >= 0.3 is 5.97 Å². The Kier molecular flexibility index (Phi) is 4.74. The molecule has 2 heteroatoms. The van der Waals surface area contributed by atoms with E-state index in [1.165, 1.54) is 0 Å². The molecule has 0 amide bonds. The van der Waals surface area contributed by atoms with E-state index >= 15 is 0 Å². The number of hydrogen-bond donors (Lipinski definition) is 1. The van der Waals surface area contributed by atoms with E-state index < -0.39 is 5.97 Å². The highest BCUT2D eigenvalue weighted by Crippen LogP contribution is 2.33. The Morgan fingerprint density at radius 3 is 1.85 bits per heavy atom. The standard InChI is InChI=1S/C11H20O2/c1-5-11(6-2,7-3)8-9(4)10(12)13/h8H,5-7H2,1-4H3,(H,12,13). The summed E-state index contributed by atoms with van der Waals surface area (Å²) < 4.78 is 0. The van der Waals surface area contributed by atoms with Gasteiger partial charge in [-0.3, -0.25) is 0 Å². The maximum Gasteiger partial charge on any atom is 0.330 e. The van der Waals surface area contributed by atoms with E-state index in [-0.39, 0.29) is 5.41 Å². The fraction of sp³-hybridized carbons (Fsp3) is 0.727. The van der Waals surface area contributed by atoms with Gasteiger partial charge in [0, 0.05) is 5.57 Å². The lowest BCUT2D eigenvalue weighted by atomic mass is 9.78. The van der Waals surface area contributed by atoms with Crippen LogP contribution in [-0.2, 0) is 4.79 Å². The van der Waals surface area contributed by atoms with Crippen molar-refractivity contribution in [1.29, 1.82) is 0 Å². The third-order valence-electron chi connectivity index (χ3n) is 2.97. The first-order chi connectivity index (χ1) is 6.01. The molecule has 0 aromatic rings. The molecule has 0 fully saturated rings. The summed E-state index contributed by atoms with van der Waals surface area (Å²) >= 11 is 0. The Morgan fingerprint density at radius 2 is 1.62 bits per heavy atom. The minimum atomic E-state index is -0.806. The van der Waals surface area contributed by atoms with E-state index in [0.717, 1.165) is 19.3 Å². The third kappa shape index (κ3) is 3.21. The van der Waals surface area contributed by atoms with Crippen LogP contribution in [0.1, 0.15) is 47.0 Å². The molecular formula is C11H20O2. The summed E-state index contributed by atoms with van der Waals surface area (Å²) in [6.07, 6.45) is 4.93. The fourth-order valence-corrected chi connectivity index (χ4v) is 1.58. The zero-order valence-electron chi connectivity index (χ0n) is 9.05. The van der Waals surface area contributed by atoms with Gasteiger partial charge in [-0.1, -0.05) is 26.8 Å². The summed E-state index contributed by atoms with van der Waals surface area (Å²) in [4.78, 5) is 10.7. The Hall–Kier alpha value is -0.790. The Labute approximate surface area is 80.7 Å². The van der Waals surface area contributed by atoms with Crippen LogP contribution >= 0.6 is 0 Å². The second-order valence-corrected chi connectivity index (χ2v) is 3.56. The zero-order valence-corrected chi connectivity index (χ0v) is 9.05. The number of allylic oxidation sites excluding steroid dienone is 1. The van der Waals surface area contributed by atoms with Crippen molar-refractivity contribution in [2.24, 2.45) is 5.41 Å². The molecule has 0 atom stereocenters. The maximum atomic E-state index is 10.7. The van der Waals surface area contributed by atoms with Crippen molar-refractivity contribution >= 4 is 5.97 Å². The molecule has 0 aliphatic carbocycles. The predicted molar refractivity (Wildman–Crippen MR) is 54.7 cm³/mol. The number of carboxylic acid groups (broad SMARTS) is 1. The molecule has 0 aliphatic heterocycles. The van der Waals surface area contributed by atoms with Crippen molar-refractivity contribution in [3.05, 3.63) is 11.6 Å². The van der Waals surface area contributed by atoms with Gasteiger partial charge in [0.1, 0.15) is 0 Å². The number of carboxylic acids is 1. The quantitative estimate of drug-likeness (QED) is 0.666. The van der Waals surface area contributed by atoms with E-state index in [1.807, 2.05) is 6.08 Å². The molecule has 0 spiro atoms. The number of carbonyl (C=O) groups is 1. The zero-order chi connectivity index (χ0) is 10.5. The van der Waals surface area contributed by atoms with Gasteiger partial charge < -0.3 is 5.11 Å². The SMILES string of the molecule is CCC(C=C(C)C(=O)O)(CC)CC. The lowest BCUT2D eigenvalue weighted by Gasteiger charge is -2.26. The van der Waals surface area contributed by atoms with Gasteiger partial charge in [-0.25, -0.2) is 4.79 Å². The average Bonchev–Trinajstić information content (AvgIpc) is 2.14. The third-order valence-corrected chi connectivity index (χ3v) is 2.97. The van der Waals surface area contributed by atoms with Crippen LogP contribution < -0.4 is 0 Å². The van der Waals surface area contributed by atoms with Crippen molar-refractivity contribution in [1.82, 2.24) is 0 Å². The molecule has 0 aromatic carbocycles. The smallest absolute Gasteiger partial charge is 0.330 e. The highest BCUT2D eigenvalue weighted by atomic mass is 16.4. The highest BCUT2D eigenvalue weighted by molar-refractivity contribution is 5.85. The summed E-state index contributed by atoms with van der Waals surface area (Å²) in [5.41, 5.74) is 0.549. The molecule has 0 saturated carbocycles.